The largest absolute Gasteiger partial charge is 0.400 e. The number of hydrogen-bond acceptors (Lipinski definition) is 2. The lowest BCUT2D eigenvalue weighted by atomic mass is 10.0. The lowest BCUT2D eigenvalue weighted by Crippen LogP contribution is -2.29. The molecule has 0 aromatic carbocycles. The van der Waals surface area contributed by atoms with Gasteiger partial charge >= 0.3 is 9.28 Å². The lowest BCUT2D eigenvalue weighted by molar-refractivity contribution is 0.249. The highest BCUT2D eigenvalue weighted by Crippen LogP contribution is 2.28. The first kappa shape index (κ1) is 13.1. The van der Waals surface area contributed by atoms with Crippen LogP contribution < -0.4 is 0 Å². The van der Waals surface area contributed by atoms with Gasteiger partial charge in [-0.25, -0.2) is 0 Å². The van der Waals surface area contributed by atoms with Crippen LogP contribution in [-0.2, 0) is 8.85 Å². The summed E-state index contributed by atoms with van der Waals surface area (Å²) in [6.07, 6.45) is 3.81. The third-order valence-electron chi connectivity index (χ3n) is 2.56. The highest BCUT2D eigenvalue weighted by molar-refractivity contribution is 6.46. The average molecular weight is 204 g/mol. The first-order chi connectivity index (χ1) is 6.17. The normalized spacial score (nSPS) is 14.1. The maximum Gasteiger partial charge on any atom is 0.324 e. The summed E-state index contributed by atoms with van der Waals surface area (Å²) in [5.74, 6) is 0.683. The molecule has 0 aromatic heterocycles. The first-order valence-electron chi connectivity index (χ1n) is 5.22. The van der Waals surface area contributed by atoms with Crippen LogP contribution >= 0.6 is 0 Å². The molecular formula is C10H24O2Si. The van der Waals surface area contributed by atoms with E-state index in [1.807, 2.05) is 0 Å². The Hall–Kier alpha value is 0.137. The van der Waals surface area contributed by atoms with Gasteiger partial charge in [-0.2, -0.15) is 0 Å². The van der Waals surface area contributed by atoms with Gasteiger partial charge in [-0.1, -0.05) is 33.6 Å². The zero-order chi connectivity index (χ0) is 10.3. The quantitative estimate of drug-likeness (QED) is 0.594. The summed E-state index contributed by atoms with van der Waals surface area (Å²) in [6.45, 7) is 6.75. The molecular weight excluding hydrogens is 180 g/mol. The van der Waals surface area contributed by atoms with Crippen LogP contribution in [0.2, 0.25) is 5.54 Å². The zero-order valence-corrected chi connectivity index (χ0v) is 10.8. The maximum atomic E-state index is 5.44. The van der Waals surface area contributed by atoms with Crippen LogP contribution in [0.4, 0.5) is 0 Å². The Morgan fingerprint density at radius 1 is 1.15 bits per heavy atom. The van der Waals surface area contributed by atoms with E-state index in [9.17, 15) is 0 Å². The van der Waals surface area contributed by atoms with E-state index in [-0.39, 0.29) is 0 Å². The molecule has 2 nitrogen and oxygen atoms in total. The molecule has 80 valence electrons. The molecule has 0 spiro atoms. The van der Waals surface area contributed by atoms with Gasteiger partial charge in [0.1, 0.15) is 0 Å². The Labute approximate surface area is 84.5 Å². The summed E-state index contributed by atoms with van der Waals surface area (Å²) in [4.78, 5) is 0. The van der Waals surface area contributed by atoms with Crippen molar-refractivity contribution in [1.29, 1.82) is 0 Å². The smallest absolute Gasteiger partial charge is 0.324 e. The Bertz CT molecular complexity index is 113. The molecule has 0 radical (unpaired) electrons. The van der Waals surface area contributed by atoms with Gasteiger partial charge in [-0.3, -0.25) is 0 Å². The van der Waals surface area contributed by atoms with E-state index in [2.05, 4.69) is 20.8 Å². The van der Waals surface area contributed by atoms with Crippen molar-refractivity contribution in [3.63, 3.8) is 0 Å². The number of rotatable bonds is 7. The third kappa shape index (κ3) is 4.79. The number of hydrogen-bond donors (Lipinski definition) is 0. The summed E-state index contributed by atoms with van der Waals surface area (Å²) >= 11 is 0. The van der Waals surface area contributed by atoms with E-state index >= 15 is 0 Å². The molecule has 0 saturated heterocycles. The molecule has 0 aromatic rings. The van der Waals surface area contributed by atoms with E-state index < -0.39 is 9.28 Å². The Morgan fingerprint density at radius 3 is 2.00 bits per heavy atom. The van der Waals surface area contributed by atoms with Gasteiger partial charge in [0.2, 0.25) is 0 Å². The minimum Gasteiger partial charge on any atom is -0.400 e. The molecule has 0 amide bonds. The summed E-state index contributed by atoms with van der Waals surface area (Å²) in [5, 5.41) is 0. The highest BCUT2D eigenvalue weighted by atomic mass is 28.3. The minimum atomic E-state index is -1.40. The van der Waals surface area contributed by atoms with E-state index in [1.54, 1.807) is 14.2 Å². The third-order valence-corrected chi connectivity index (χ3v) is 5.29. The average Bonchev–Trinajstić information content (AvgIpc) is 2.11. The molecule has 1 unspecified atom stereocenters. The van der Waals surface area contributed by atoms with Crippen LogP contribution in [0, 0.1) is 5.92 Å². The van der Waals surface area contributed by atoms with Gasteiger partial charge in [0.05, 0.1) is 0 Å². The molecule has 0 aliphatic rings. The van der Waals surface area contributed by atoms with Crippen LogP contribution in [0.1, 0.15) is 40.0 Å². The fraction of sp³-hybridized carbons (Fsp3) is 1.00. The fourth-order valence-electron chi connectivity index (χ4n) is 1.67. The first-order valence-corrected chi connectivity index (χ1v) is 6.83. The predicted molar refractivity (Wildman–Crippen MR) is 59.3 cm³/mol. The van der Waals surface area contributed by atoms with E-state index in [4.69, 9.17) is 8.85 Å². The topological polar surface area (TPSA) is 18.5 Å². The molecule has 3 heteroatoms. The zero-order valence-electron chi connectivity index (χ0n) is 9.67. The van der Waals surface area contributed by atoms with Crippen molar-refractivity contribution in [2.45, 2.75) is 45.6 Å². The monoisotopic (exact) mass is 204 g/mol. The number of unbranched alkanes of at least 4 members (excludes halogenated alkanes) is 1. The minimum absolute atomic E-state index is 0.662. The van der Waals surface area contributed by atoms with Crippen molar-refractivity contribution >= 4 is 9.28 Å². The Balaban J connectivity index is 4.04. The summed E-state index contributed by atoms with van der Waals surface area (Å²) in [6, 6.07) is 0. The molecule has 0 bridgehead atoms. The van der Waals surface area contributed by atoms with Gasteiger partial charge in [-0.05, 0) is 12.3 Å². The van der Waals surface area contributed by atoms with Gasteiger partial charge in [0.25, 0.3) is 0 Å². The van der Waals surface area contributed by atoms with Crippen molar-refractivity contribution in [3.05, 3.63) is 0 Å². The molecule has 0 saturated carbocycles. The van der Waals surface area contributed by atoms with E-state index in [0.29, 0.717) is 11.5 Å². The van der Waals surface area contributed by atoms with Crippen LogP contribution in [0.15, 0.2) is 0 Å². The van der Waals surface area contributed by atoms with Crippen molar-refractivity contribution in [1.82, 2.24) is 0 Å². The molecule has 0 rings (SSSR count). The summed E-state index contributed by atoms with van der Waals surface area (Å²) in [7, 11) is 2.16. The molecule has 0 fully saturated rings. The second kappa shape index (κ2) is 7.53. The van der Waals surface area contributed by atoms with Crippen molar-refractivity contribution in [3.8, 4) is 0 Å². The summed E-state index contributed by atoms with van der Waals surface area (Å²) in [5.41, 5.74) is 0.662. The molecule has 13 heavy (non-hydrogen) atoms. The maximum absolute atomic E-state index is 5.44. The molecule has 0 heterocycles. The van der Waals surface area contributed by atoms with Gasteiger partial charge in [0, 0.05) is 19.8 Å². The Kier molecular flexibility index (Phi) is 7.61. The Morgan fingerprint density at radius 2 is 1.69 bits per heavy atom. The van der Waals surface area contributed by atoms with Gasteiger partial charge < -0.3 is 8.85 Å². The van der Waals surface area contributed by atoms with Crippen molar-refractivity contribution < 1.29 is 8.85 Å². The fourth-order valence-corrected chi connectivity index (χ4v) is 3.70. The molecule has 0 N–H and O–H groups in total. The highest BCUT2D eigenvalue weighted by Gasteiger charge is 2.26. The second-order valence-corrected chi connectivity index (χ2v) is 6.43. The SMILES string of the molecule is CCCCC(C(C)C)[SiH](OC)OC. The van der Waals surface area contributed by atoms with Crippen LogP contribution in [0.25, 0.3) is 0 Å². The molecule has 1 atom stereocenters. The van der Waals surface area contributed by atoms with Crippen LogP contribution in [0.3, 0.4) is 0 Å². The van der Waals surface area contributed by atoms with Gasteiger partial charge in [-0.15, -0.1) is 0 Å². The van der Waals surface area contributed by atoms with Crippen molar-refractivity contribution in [2.24, 2.45) is 5.92 Å². The second-order valence-electron chi connectivity index (χ2n) is 3.89. The summed E-state index contributed by atoms with van der Waals surface area (Å²) < 4.78 is 10.9. The molecule has 0 aliphatic heterocycles. The van der Waals surface area contributed by atoms with E-state index in [1.165, 1.54) is 19.3 Å². The van der Waals surface area contributed by atoms with Crippen molar-refractivity contribution in [2.75, 3.05) is 14.2 Å². The standard InChI is InChI=1S/C10H24O2Si/c1-6-7-8-10(9(2)3)13(11-4)12-5/h9-10,13H,6-8H2,1-5H3. The predicted octanol–water partition coefficient (Wildman–Crippen LogP) is 2.72. The van der Waals surface area contributed by atoms with Gasteiger partial charge in [0.15, 0.2) is 0 Å². The van der Waals surface area contributed by atoms with E-state index in [0.717, 1.165) is 0 Å². The lowest BCUT2D eigenvalue weighted by Gasteiger charge is -2.25. The van der Waals surface area contributed by atoms with Crippen LogP contribution in [-0.4, -0.2) is 23.5 Å². The van der Waals surface area contributed by atoms with Crippen LogP contribution in [0.5, 0.6) is 0 Å². The molecule has 0 aliphatic carbocycles.